The van der Waals surface area contributed by atoms with Crippen LogP contribution >= 0.6 is 11.6 Å². The summed E-state index contributed by atoms with van der Waals surface area (Å²) in [5.41, 5.74) is 1.22. The third kappa shape index (κ3) is 3.13. The van der Waals surface area contributed by atoms with Crippen molar-refractivity contribution < 1.29 is 14.2 Å². The summed E-state index contributed by atoms with van der Waals surface area (Å²) in [7, 11) is 0. The summed E-state index contributed by atoms with van der Waals surface area (Å²) in [6.07, 6.45) is 2.35. The van der Waals surface area contributed by atoms with Crippen molar-refractivity contribution in [2.24, 2.45) is 0 Å². The zero-order valence-corrected chi connectivity index (χ0v) is 13.7. The number of nitrogens with zero attached hydrogens (tertiary/aromatic N) is 3. The topological polar surface area (TPSA) is 80.2 Å². The summed E-state index contributed by atoms with van der Waals surface area (Å²) in [5, 5.41) is 13.8. The van der Waals surface area contributed by atoms with Crippen LogP contribution in [0.1, 0.15) is 0 Å². The molecule has 0 saturated carbocycles. The molecule has 0 unspecified atom stereocenters. The van der Waals surface area contributed by atoms with Crippen LogP contribution in [0, 0.1) is 5.82 Å². The quantitative estimate of drug-likeness (QED) is 0.747. The first-order chi connectivity index (χ1) is 12.1. The van der Waals surface area contributed by atoms with E-state index in [9.17, 15) is 9.50 Å². The molecule has 6 nitrogen and oxygen atoms in total. The molecule has 0 amide bonds. The number of rotatable bonds is 3. The molecule has 0 radical (unpaired) electrons. The number of hydrogen-bond acceptors (Lipinski definition) is 6. The Balaban J connectivity index is 1.73. The molecule has 3 heterocycles. The number of hydrogen-bond donors (Lipinski definition) is 2. The minimum Gasteiger partial charge on any atom is -0.388 e. The maximum absolute atomic E-state index is 14.3. The van der Waals surface area contributed by atoms with Crippen LogP contribution in [0.3, 0.4) is 0 Å². The molecule has 2 aromatic heterocycles. The molecule has 1 aromatic carbocycles. The fourth-order valence-corrected chi connectivity index (χ4v) is 2.97. The molecular weight excluding hydrogens is 347 g/mol. The van der Waals surface area contributed by atoms with E-state index in [4.69, 9.17) is 16.3 Å². The molecule has 1 saturated heterocycles. The number of ether oxygens (including phenoxy) is 1. The van der Waals surface area contributed by atoms with E-state index in [1.165, 1.54) is 12.3 Å². The predicted octanol–water partition coefficient (Wildman–Crippen LogP) is 2.66. The molecule has 2 atom stereocenters. The van der Waals surface area contributed by atoms with E-state index in [1.807, 2.05) is 0 Å². The van der Waals surface area contributed by atoms with Gasteiger partial charge in [-0.2, -0.15) is 0 Å². The molecule has 0 bridgehead atoms. The molecule has 8 heteroatoms. The standard InChI is InChI=1S/C17H14ClFN4O2/c18-11-6-21-17(22-13-7-25-8-14(13)24)23-15(11)10-4-9-2-1-3-20-16(9)12(19)5-10/h1-6,13-14,24H,7-8H2,(H,21,22,23)/t13-,14+/m0/s1. The summed E-state index contributed by atoms with van der Waals surface area (Å²) in [6, 6.07) is 6.33. The van der Waals surface area contributed by atoms with Gasteiger partial charge < -0.3 is 15.2 Å². The molecule has 3 aromatic rings. The van der Waals surface area contributed by atoms with E-state index >= 15 is 0 Å². The van der Waals surface area contributed by atoms with Gasteiger partial charge >= 0.3 is 0 Å². The molecule has 4 rings (SSSR count). The van der Waals surface area contributed by atoms with Crippen LogP contribution < -0.4 is 5.32 Å². The molecule has 2 N–H and O–H groups in total. The van der Waals surface area contributed by atoms with Gasteiger partial charge in [0.2, 0.25) is 5.95 Å². The Labute approximate surface area is 147 Å². The van der Waals surface area contributed by atoms with Crippen molar-refractivity contribution in [1.82, 2.24) is 15.0 Å². The van der Waals surface area contributed by atoms with Crippen molar-refractivity contribution >= 4 is 28.5 Å². The summed E-state index contributed by atoms with van der Waals surface area (Å²) in [5.74, 6) is -0.155. The van der Waals surface area contributed by atoms with Gasteiger partial charge in [-0.15, -0.1) is 0 Å². The average Bonchev–Trinajstić information content (AvgIpc) is 3.01. The third-order valence-electron chi connectivity index (χ3n) is 4.04. The Bertz CT molecular complexity index is 940. The van der Waals surface area contributed by atoms with Crippen molar-refractivity contribution in [1.29, 1.82) is 0 Å². The monoisotopic (exact) mass is 360 g/mol. The van der Waals surface area contributed by atoms with Gasteiger partial charge in [0, 0.05) is 17.1 Å². The SMILES string of the molecule is O[C@@H]1COC[C@@H]1Nc1ncc(Cl)c(-c2cc(F)c3ncccc3c2)n1. The van der Waals surface area contributed by atoms with Gasteiger partial charge in [0.05, 0.1) is 42.3 Å². The Kier molecular flexibility index (Phi) is 4.20. The fraction of sp³-hybridized carbons (Fsp3) is 0.235. The minimum absolute atomic E-state index is 0.265. The van der Waals surface area contributed by atoms with Gasteiger partial charge in [0.1, 0.15) is 11.3 Å². The van der Waals surface area contributed by atoms with Crippen molar-refractivity contribution in [2.75, 3.05) is 18.5 Å². The average molecular weight is 361 g/mol. The normalized spacial score (nSPS) is 20.1. The number of nitrogens with one attached hydrogen (secondary N) is 1. The lowest BCUT2D eigenvalue weighted by atomic mass is 10.1. The lowest BCUT2D eigenvalue weighted by Gasteiger charge is -2.15. The van der Waals surface area contributed by atoms with Crippen LogP contribution in [0.5, 0.6) is 0 Å². The highest BCUT2D eigenvalue weighted by atomic mass is 35.5. The minimum atomic E-state index is -0.632. The second-order valence-corrected chi connectivity index (χ2v) is 6.19. The molecule has 128 valence electrons. The largest absolute Gasteiger partial charge is 0.388 e. The molecular formula is C17H14ClFN4O2. The smallest absolute Gasteiger partial charge is 0.223 e. The molecule has 25 heavy (non-hydrogen) atoms. The molecule has 0 spiro atoms. The van der Waals surface area contributed by atoms with E-state index in [0.29, 0.717) is 39.7 Å². The third-order valence-corrected chi connectivity index (χ3v) is 4.32. The van der Waals surface area contributed by atoms with Crippen molar-refractivity contribution in [2.45, 2.75) is 12.1 Å². The number of aliphatic hydroxyl groups is 1. The molecule has 1 aliphatic heterocycles. The van der Waals surface area contributed by atoms with Gasteiger partial charge in [-0.05, 0) is 18.2 Å². The van der Waals surface area contributed by atoms with Crippen LogP contribution in [0.15, 0.2) is 36.7 Å². The van der Waals surface area contributed by atoms with Crippen LogP contribution in [-0.2, 0) is 4.74 Å². The van der Waals surface area contributed by atoms with E-state index < -0.39 is 11.9 Å². The summed E-state index contributed by atoms with van der Waals surface area (Å²) >= 11 is 6.21. The predicted molar refractivity (Wildman–Crippen MR) is 92.0 cm³/mol. The lowest BCUT2D eigenvalue weighted by molar-refractivity contribution is 0.125. The number of halogens is 2. The number of anilines is 1. The molecule has 1 aliphatic rings. The van der Waals surface area contributed by atoms with E-state index in [0.717, 1.165) is 0 Å². The highest BCUT2D eigenvalue weighted by molar-refractivity contribution is 6.33. The Morgan fingerprint density at radius 3 is 2.96 bits per heavy atom. The first-order valence-corrected chi connectivity index (χ1v) is 8.09. The zero-order chi connectivity index (χ0) is 17.4. The summed E-state index contributed by atoms with van der Waals surface area (Å²) < 4.78 is 19.5. The highest BCUT2D eigenvalue weighted by Crippen LogP contribution is 2.30. The number of benzene rings is 1. The zero-order valence-electron chi connectivity index (χ0n) is 13.0. The van der Waals surface area contributed by atoms with E-state index in [2.05, 4.69) is 20.3 Å². The molecule has 1 fully saturated rings. The van der Waals surface area contributed by atoms with Crippen LogP contribution in [0.4, 0.5) is 10.3 Å². The number of pyridine rings is 1. The first kappa shape index (κ1) is 16.1. The number of fused-ring (bicyclic) bond motifs is 1. The van der Waals surface area contributed by atoms with Crippen LogP contribution in [0.2, 0.25) is 5.02 Å². The van der Waals surface area contributed by atoms with Gasteiger partial charge in [-0.3, -0.25) is 4.98 Å². The summed E-state index contributed by atoms with van der Waals surface area (Å²) in [4.78, 5) is 12.5. The maximum Gasteiger partial charge on any atom is 0.223 e. The number of aromatic nitrogens is 3. The highest BCUT2D eigenvalue weighted by Gasteiger charge is 2.27. The Morgan fingerprint density at radius 1 is 1.28 bits per heavy atom. The fourth-order valence-electron chi connectivity index (χ4n) is 2.77. The van der Waals surface area contributed by atoms with Crippen molar-refractivity contribution in [3.63, 3.8) is 0 Å². The summed E-state index contributed by atoms with van der Waals surface area (Å²) in [6.45, 7) is 0.625. The van der Waals surface area contributed by atoms with Gasteiger partial charge in [-0.25, -0.2) is 14.4 Å². The second-order valence-electron chi connectivity index (χ2n) is 5.78. The lowest BCUT2D eigenvalue weighted by Crippen LogP contribution is -2.32. The van der Waals surface area contributed by atoms with Crippen molar-refractivity contribution in [3.8, 4) is 11.3 Å². The second kappa shape index (κ2) is 6.51. The van der Waals surface area contributed by atoms with Gasteiger partial charge in [0.15, 0.2) is 0 Å². The van der Waals surface area contributed by atoms with Crippen LogP contribution in [0.25, 0.3) is 22.2 Å². The Hall–Kier alpha value is -2.35. The molecule has 0 aliphatic carbocycles. The Morgan fingerprint density at radius 2 is 2.16 bits per heavy atom. The van der Waals surface area contributed by atoms with Gasteiger partial charge in [-0.1, -0.05) is 17.7 Å². The first-order valence-electron chi connectivity index (χ1n) is 7.71. The van der Waals surface area contributed by atoms with E-state index in [-0.39, 0.29) is 12.6 Å². The number of aliphatic hydroxyl groups excluding tert-OH is 1. The van der Waals surface area contributed by atoms with Gasteiger partial charge in [0.25, 0.3) is 0 Å². The van der Waals surface area contributed by atoms with Crippen molar-refractivity contribution in [3.05, 3.63) is 47.5 Å². The van der Waals surface area contributed by atoms with Crippen LogP contribution in [-0.4, -0.2) is 45.4 Å². The van der Waals surface area contributed by atoms with E-state index in [1.54, 1.807) is 24.4 Å². The maximum atomic E-state index is 14.3.